The highest BCUT2D eigenvalue weighted by atomic mass is 16.2. The molecule has 1 amide bonds. The molecule has 0 aliphatic heterocycles. The Labute approximate surface area is 104 Å². The Morgan fingerprint density at radius 2 is 1.89 bits per heavy atom. The van der Waals surface area contributed by atoms with Gasteiger partial charge < -0.3 is 10.3 Å². The maximum Gasteiger partial charge on any atom is 0.274 e. The minimum absolute atomic E-state index is 0.189. The molecule has 2 rings (SSSR count). The normalized spacial score (nSPS) is 10.1. The number of benzene rings is 1. The molecule has 0 unspecified atom stereocenters. The third kappa shape index (κ3) is 2.45. The van der Waals surface area contributed by atoms with Gasteiger partial charge in [-0.15, -0.1) is 0 Å². The van der Waals surface area contributed by atoms with Crippen LogP contribution in [0.2, 0.25) is 0 Å². The monoisotopic (exact) mass is 243 g/mol. The van der Waals surface area contributed by atoms with Crippen molar-refractivity contribution in [3.8, 4) is 0 Å². The zero-order valence-corrected chi connectivity index (χ0v) is 10.2. The van der Waals surface area contributed by atoms with Gasteiger partial charge in [-0.1, -0.05) is 18.2 Å². The van der Waals surface area contributed by atoms with E-state index in [4.69, 9.17) is 0 Å². The van der Waals surface area contributed by atoms with E-state index in [0.29, 0.717) is 17.1 Å². The molecule has 0 saturated heterocycles. The third-order valence-corrected chi connectivity index (χ3v) is 2.49. The molecule has 0 saturated carbocycles. The Hall–Kier alpha value is -2.43. The first-order chi connectivity index (χ1) is 8.58. The number of hydrogen-bond acceptors (Lipinski definition) is 3. The fourth-order valence-corrected chi connectivity index (χ4v) is 1.65. The summed E-state index contributed by atoms with van der Waals surface area (Å²) in [6, 6.07) is 8.71. The lowest BCUT2D eigenvalue weighted by Crippen LogP contribution is -2.22. The standard InChI is InChI=1S/C13H13N3O2/c1-8-11(13(18)15-9(2)14-8)16-12(17)10-6-4-3-5-7-10/h3-7H,1-2H3,(H,16,17)(H,14,15,18). The van der Waals surface area contributed by atoms with Gasteiger partial charge in [-0.25, -0.2) is 4.98 Å². The molecule has 0 radical (unpaired) electrons. The Kier molecular flexibility index (Phi) is 3.23. The molecule has 5 heteroatoms. The van der Waals surface area contributed by atoms with Crippen LogP contribution >= 0.6 is 0 Å². The highest BCUT2D eigenvalue weighted by molar-refractivity contribution is 6.04. The Morgan fingerprint density at radius 1 is 1.22 bits per heavy atom. The lowest BCUT2D eigenvalue weighted by molar-refractivity contribution is 0.102. The summed E-state index contributed by atoms with van der Waals surface area (Å²) in [5.41, 5.74) is 0.844. The molecule has 0 aliphatic rings. The highest BCUT2D eigenvalue weighted by Gasteiger charge is 2.11. The average molecular weight is 243 g/mol. The smallest absolute Gasteiger partial charge is 0.274 e. The lowest BCUT2D eigenvalue weighted by Gasteiger charge is -2.07. The van der Waals surface area contributed by atoms with Crippen molar-refractivity contribution in [1.82, 2.24) is 9.97 Å². The van der Waals surface area contributed by atoms with E-state index in [-0.39, 0.29) is 17.2 Å². The van der Waals surface area contributed by atoms with Crippen molar-refractivity contribution < 1.29 is 4.79 Å². The number of nitrogens with one attached hydrogen (secondary N) is 2. The molecule has 18 heavy (non-hydrogen) atoms. The van der Waals surface area contributed by atoms with E-state index < -0.39 is 0 Å². The second-order valence-electron chi connectivity index (χ2n) is 3.93. The largest absolute Gasteiger partial charge is 0.316 e. The molecular formula is C13H13N3O2. The molecular weight excluding hydrogens is 230 g/mol. The summed E-state index contributed by atoms with van der Waals surface area (Å²) >= 11 is 0. The number of carbonyl (C=O) groups is 1. The number of aromatic amines is 1. The molecule has 0 aliphatic carbocycles. The first-order valence-corrected chi connectivity index (χ1v) is 5.52. The Bertz CT molecular complexity index is 632. The predicted molar refractivity (Wildman–Crippen MR) is 68.7 cm³/mol. The van der Waals surface area contributed by atoms with Crippen molar-refractivity contribution in [2.24, 2.45) is 0 Å². The van der Waals surface area contributed by atoms with Gasteiger partial charge in [-0.2, -0.15) is 0 Å². The molecule has 0 spiro atoms. The van der Waals surface area contributed by atoms with Gasteiger partial charge in [0, 0.05) is 5.56 Å². The summed E-state index contributed by atoms with van der Waals surface area (Å²) in [7, 11) is 0. The third-order valence-electron chi connectivity index (χ3n) is 2.49. The van der Waals surface area contributed by atoms with Gasteiger partial charge in [-0.3, -0.25) is 9.59 Å². The van der Waals surface area contributed by atoms with Gasteiger partial charge in [0.1, 0.15) is 11.5 Å². The van der Waals surface area contributed by atoms with Crippen LogP contribution in [0.15, 0.2) is 35.1 Å². The average Bonchev–Trinajstić information content (AvgIpc) is 2.34. The molecule has 5 nitrogen and oxygen atoms in total. The van der Waals surface area contributed by atoms with Gasteiger partial charge in [-0.05, 0) is 26.0 Å². The predicted octanol–water partition coefficient (Wildman–Crippen LogP) is 1.64. The van der Waals surface area contributed by atoms with E-state index in [0.717, 1.165) is 0 Å². The van der Waals surface area contributed by atoms with Crippen molar-refractivity contribution in [1.29, 1.82) is 0 Å². The minimum atomic E-state index is -0.343. The van der Waals surface area contributed by atoms with Crippen LogP contribution in [0.5, 0.6) is 0 Å². The molecule has 1 heterocycles. The van der Waals surface area contributed by atoms with E-state index >= 15 is 0 Å². The van der Waals surface area contributed by atoms with Gasteiger partial charge in [0.25, 0.3) is 11.5 Å². The van der Waals surface area contributed by atoms with Crippen LogP contribution in [-0.4, -0.2) is 15.9 Å². The van der Waals surface area contributed by atoms with Crippen molar-refractivity contribution in [3.05, 3.63) is 57.8 Å². The van der Waals surface area contributed by atoms with Crippen LogP contribution in [0.1, 0.15) is 21.9 Å². The van der Waals surface area contributed by atoms with E-state index in [9.17, 15) is 9.59 Å². The zero-order chi connectivity index (χ0) is 13.1. The second kappa shape index (κ2) is 4.83. The van der Waals surface area contributed by atoms with E-state index in [2.05, 4.69) is 15.3 Å². The van der Waals surface area contributed by atoms with Gasteiger partial charge in [0.05, 0.1) is 5.69 Å². The number of rotatable bonds is 2. The number of anilines is 1. The van der Waals surface area contributed by atoms with Gasteiger partial charge >= 0.3 is 0 Å². The van der Waals surface area contributed by atoms with E-state index in [1.807, 2.05) is 6.07 Å². The maximum absolute atomic E-state index is 11.9. The molecule has 1 aromatic carbocycles. The van der Waals surface area contributed by atoms with E-state index in [1.165, 1.54) is 0 Å². The van der Waals surface area contributed by atoms with Crippen LogP contribution in [0.25, 0.3) is 0 Å². The topological polar surface area (TPSA) is 74.8 Å². The Morgan fingerprint density at radius 3 is 2.50 bits per heavy atom. The first-order valence-electron chi connectivity index (χ1n) is 5.52. The SMILES string of the molecule is Cc1nc(C)c(NC(=O)c2ccccc2)c(=O)[nH]1. The van der Waals surface area contributed by atoms with Crippen molar-refractivity contribution in [2.75, 3.05) is 5.32 Å². The fraction of sp³-hybridized carbons (Fsp3) is 0.154. The number of H-pyrrole nitrogens is 1. The Balaban J connectivity index is 2.31. The van der Waals surface area contributed by atoms with E-state index in [1.54, 1.807) is 38.1 Å². The minimum Gasteiger partial charge on any atom is -0.316 e. The lowest BCUT2D eigenvalue weighted by atomic mass is 10.2. The van der Waals surface area contributed by atoms with Gasteiger partial charge in [0.2, 0.25) is 0 Å². The summed E-state index contributed by atoms with van der Waals surface area (Å²) in [6.07, 6.45) is 0. The number of nitrogens with zero attached hydrogens (tertiary/aromatic N) is 1. The summed E-state index contributed by atoms with van der Waals surface area (Å²) in [4.78, 5) is 30.3. The second-order valence-corrected chi connectivity index (χ2v) is 3.93. The zero-order valence-electron chi connectivity index (χ0n) is 10.2. The molecule has 2 aromatic rings. The molecule has 1 aromatic heterocycles. The molecule has 0 bridgehead atoms. The summed E-state index contributed by atoms with van der Waals surface area (Å²) in [5.74, 6) is 0.199. The van der Waals surface area contributed by atoms with Crippen molar-refractivity contribution >= 4 is 11.6 Å². The number of amides is 1. The number of hydrogen-bond donors (Lipinski definition) is 2. The van der Waals surface area contributed by atoms with Crippen LogP contribution < -0.4 is 10.9 Å². The fourth-order valence-electron chi connectivity index (χ4n) is 1.65. The quantitative estimate of drug-likeness (QED) is 0.842. The number of carbonyl (C=O) groups excluding carboxylic acids is 1. The van der Waals surface area contributed by atoms with Crippen LogP contribution in [-0.2, 0) is 0 Å². The molecule has 0 atom stereocenters. The first kappa shape index (κ1) is 12.0. The number of aryl methyl sites for hydroxylation is 2. The summed E-state index contributed by atoms with van der Waals surface area (Å²) < 4.78 is 0. The maximum atomic E-state index is 11.9. The summed E-state index contributed by atoms with van der Waals surface area (Å²) in [6.45, 7) is 3.38. The van der Waals surface area contributed by atoms with Crippen LogP contribution in [0.4, 0.5) is 5.69 Å². The molecule has 0 fully saturated rings. The van der Waals surface area contributed by atoms with Crippen LogP contribution in [0.3, 0.4) is 0 Å². The number of aromatic nitrogens is 2. The molecule has 92 valence electrons. The van der Waals surface area contributed by atoms with Crippen molar-refractivity contribution in [3.63, 3.8) is 0 Å². The summed E-state index contributed by atoms with van der Waals surface area (Å²) in [5, 5.41) is 2.58. The van der Waals surface area contributed by atoms with Gasteiger partial charge in [0.15, 0.2) is 0 Å². The van der Waals surface area contributed by atoms with Crippen LogP contribution in [0, 0.1) is 13.8 Å². The van der Waals surface area contributed by atoms with Crippen molar-refractivity contribution in [2.45, 2.75) is 13.8 Å². The molecule has 2 N–H and O–H groups in total. The highest BCUT2D eigenvalue weighted by Crippen LogP contribution is 2.08.